The van der Waals surface area contributed by atoms with Gasteiger partial charge in [-0.3, -0.25) is 10.1 Å². The molecule has 0 aliphatic carbocycles. The molecule has 0 aliphatic rings. The summed E-state index contributed by atoms with van der Waals surface area (Å²) in [5.41, 5.74) is -1.60. The molecular formula is C16H10F3N5O4. The van der Waals surface area contributed by atoms with Crippen molar-refractivity contribution >= 4 is 5.69 Å². The zero-order valence-corrected chi connectivity index (χ0v) is 14.0. The number of nitrogens with zero attached hydrogens (tertiary/aromatic N) is 5. The zero-order chi connectivity index (χ0) is 20.6. The van der Waals surface area contributed by atoms with E-state index in [1.807, 2.05) is 0 Å². The van der Waals surface area contributed by atoms with Gasteiger partial charge in [0.25, 0.3) is 0 Å². The highest BCUT2D eigenvalue weighted by atomic mass is 19.4. The van der Waals surface area contributed by atoms with Gasteiger partial charge in [-0.15, -0.1) is 0 Å². The van der Waals surface area contributed by atoms with E-state index in [0.717, 1.165) is 30.6 Å². The summed E-state index contributed by atoms with van der Waals surface area (Å²) >= 11 is 0. The van der Waals surface area contributed by atoms with E-state index < -0.39 is 34.0 Å². The number of phenols is 2. The fraction of sp³-hybridized carbons (Fsp3) is 0.125. The van der Waals surface area contributed by atoms with Crippen LogP contribution in [0.25, 0.3) is 22.8 Å². The van der Waals surface area contributed by atoms with E-state index in [4.69, 9.17) is 0 Å². The molecule has 0 atom stereocenters. The van der Waals surface area contributed by atoms with Gasteiger partial charge in [0.15, 0.2) is 17.4 Å². The molecule has 144 valence electrons. The first-order valence-corrected chi connectivity index (χ1v) is 7.53. The minimum Gasteiger partial charge on any atom is -0.504 e. The summed E-state index contributed by atoms with van der Waals surface area (Å²) in [5.74, 6) is -1.77. The van der Waals surface area contributed by atoms with E-state index in [1.165, 1.54) is 6.92 Å². The van der Waals surface area contributed by atoms with Crippen molar-refractivity contribution in [1.29, 1.82) is 0 Å². The van der Waals surface area contributed by atoms with Gasteiger partial charge in [-0.05, 0) is 25.1 Å². The number of aromatic hydroxyl groups is 2. The number of rotatable bonds is 3. The van der Waals surface area contributed by atoms with Gasteiger partial charge in [-0.25, -0.2) is 19.9 Å². The van der Waals surface area contributed by atoms with Gasteiger partial charge in [0.2, 0.25) is 5.75 Å². The molecular weight excluding hydrogens is 383 g/mol. The van der Waals surface area contributed by atoms with Crippen LogP contribution in [0.2, 0.25) is 0 Å². The van der Waals surface area contributed by atoms with Crippen LogP contribution in [0.15, 0.2) is 30.6 Å². The summed E-state index contributed by atoms with van der Waals surface area (Å²) in [6, 6.07) is 3.90. The number of phenolic OH excluding ortho intramolecular Hbond substituents is 2. The predicted octanol–water partition coefficient (Wildman–Crippen LogP) is 3.25. The van der Waals surface area contributed by atoms with E-state index in [2.05, 4.69) is 19.9 Å². The maximum atomic E-state index is 12.8. The van der Waals surface area contributed by atoms with Crippen LogP contribution >= 0.6 is 0 Å². The minimum absolute atomic E-state index is 0.00294. The monoisotopic (exact) mass is 393 g/mol. The van der Waals surface area contributed by atoms with E-state index in [0.29, 0.717) is 0 Å². The third-order valence-corrected chi connectivity index (χ3v) is 3.71. The Morgan fingerprint density at radius 3 is 2.36 bits per heavy atom. The Morgan fingerprint density at radius 2 is 1.75 bits per heavy atom. The molecule has 0 unspecified atom stereocenters. The van der Waals surface area contributed by atoms with Crippen molar-refractivity contribution in [2.45, 2.75) is 13.1 Å². The second-order valence-electron chi connectivity index (χ2n) is 5.58. The molecule has 2 N–H and O–H groups in total. The molecule has 28 heavy (non-hydrogen) atoms. The first-order valence-electron chi connectivity index (χ1n) is 7.53. The average Bonchev–Trinajstić information content (AvgIpc) is 2.62. The first-order chi connectivity index (χ1) is 13.1. The third kappa shape index (κ3) is 3.51. The fourth-order valence-electron chi connectivity index (χ4n) is 2.39. The molecule has 0 fully saturated rings. The van der Waals surface area contributed by atoms with Gasteiger partial charge >= 0.3 is 11.9 Å². The number of pyridine rings is 1. The average molecular weight is 393 g/mol. The molecule has 0 saturated heterocycles. The number of nitro groups is 1. The Morgan fingerprint density at radius 1 is 1.07 bits per heavy atom. The second kappa shape index (κ2) is 6.72. The van der Waals surface area contributed by atoms with Crippen LogP contribution in [0.3, 0.4) is 0 Å². The highest BCUT2D eigenvalue weighted by molar-refractivity contribution is 5.69. The lowest BCUT2D eigenvalue weighted by molar-refractivity contribution is -0.385. The van der Waals surface area contributed by atoms with Gasteiger partial charge in [0, 0.05) is 22.9 Å². The van der Waals surface area contributed by atoms with Crippen molar-refractivity contribution in [2.75, 3.05) is 0 Å². The topological polar surface area (TPSA) is 135 Å². The standard InChI is InChI=1S/C16H10F3N5O4/c1-7-9(2-3-12(22-7)16(17,18)19)15-21-6-20-14(23-15)8-4-10(24(27)28)13(26)11(25)5-8/h2-6,25-26H,1H3. The van der Waals surface area contributed by atoms with Crippen molar-refractivity contribution in [3.63, 3.8) is 0 Å². The molecule has 0 radical (unpaired) electrons. The smallest absolute Gasteiger partial charge is 0.433 e. The summed E-state index contributed by atoms with van der Waals surface area (Å²) in [4.78, 5) is 25.4. The molecule has 3 aromatic rings. The molecule has 0 aliphatic heterocycles. The molecule has 0 amide bonds. The number of nitro benzene ring substituents is 1. The van der Waals surface area contributed by atoms with Gasteiger partial charge in [0.05, 0.1) is 4.92 Å². The number of aryl methyl sites for hydroxylation is 1. The number of benzene rings is 1. The second-order valence-corrected chi connectivity index (χ2v) is 5.58. The van der Waals surface area contributed by atoms with Crippen LogP contribution in [0.5, 0.6) is 11.5 Å². The lowest BCUT2D eigenvalue weighted by Crippen LogP contribution is -2.09. The number of hydrogen-bond acceptors (Lipinski definition) is 8. The normalized spacial score (nSPS) is 11.4. The summed E-state index contributed by atoms with van der Waals surface area (Å²) in [6.07, 6.45) is -3.54. The summed E-state index contributed by atoms with van der Waals surface area (Å²) in [5, 5.41) is 30.2. The first kappa shape index (κ1) is 18.9. The maximum Gasteiger partial charge on any atom is 0.433 e. The lowest BCUT2D eigenvalue weighted by Gasteiger charge is -2.10. The molecule has 2 heterocycles. The van der Waals surface area contributed by atoms with Crippen LogP contribution in [0, 0.1) is 17.0 Å². The molecule has 0 saturated carbocycles. The lowest BCUT2D eigenvalue weighted by atomic mass is 10.1. The molecule has 0 bridgehead atoms. The van der Waals surface area contributed by atoms with E-state index >= 15 is 0 Å². The molecule has 12 heteroatoms. The van der Waals surface area contributed by atoms with Gasteiger partial charge in [0.1, 0.15) is 12.0 Å². The van der Waals surface area contributed by atoms with Crippen molar-refractivity contribution in [1.82, 2.24) is 19.9 Å². The van der Waals surface area contributed by atoms with Crippen LogP contribution in [-0.4, -0.2) is 35.1 Å². The largest absolute Gasteiger partial charge is 0.504 e. The number of aromatic nitrogens is 4. The van der Waals surface area contributed by atoms with Crippen LogP contribution in [0.1, 0.15) is 11.4 Å². The van der Waals surface area contributed by atoms with E-state index in [9.17, 15) is 33.5 Å². The molecule has 0 spiro atoms. The van der Waals surface area contributed by atoms with Crippen molar-refractivity contribution in [3.05, 3.63) is 52.1 Å². The van der Waals surface area contributed by atoms with E-state index in [-0.39, 0.29) is 28.5 Å². The van der Waals surface area contributed by atoms with Gasteiger partial charge in [-0.2, -0.15) is 13.2 Å². The Hall–Kier alpha value is -3.83. The highest BCUT2D eigenvalue weighted by Crippen LogP contribution is 2.38. The summed E-state index contributed by atoms with van der Waals surface area (Å²) in [7, 11) is 0. The third-order valence-electron chi connectivity index (χ3n) is 3.71. The van der Waals surface area contributed by atoms with Gasteiger partial charge < -0.3 is 10.2 Å². The van der Waals surface area contributed by atoms with Crippen molar-refractivity contribution in [2.24, 2.45) is 0 Å². The zero-order valence-electron chi connectivity index (χ0n) is 14.0. The molecule has 1 aromatic carbocycles. The highest BCUT2D eigenvalue weighted by Gasteiger charge is 2.33. The fourth-order valence-corrected chi connectivity index (χ4v) is 2.39. The molecule has 3 rings (SSSR count). The van der Waals surface area contributed by atoms with E-state index in [1.54, 1.807) is 0 Å². The Labute approximate surface area is 154 Å². The predicted molar refractivity (Wildman–Crippen MR) is 88.2 cm³/mol. The number of halogens is 3. The number of hydrogen-bond donors (Lipinski definition) is 2. The number of alkyl halides is 3. The summed E-state index contributed by atoms with van der Waals surface area (Å²) in [6.45, 7) is 1.35. The van der Waals surface area contributed by atoms with Crippen LogP contribution < -0.4 is 0 Å². The SMILES string of the molecule is Cc1nc(C(F)(F)F)ccc1-c1ncnc(-c2cc(O)c(O)c([N+](=O)[O-])c2)n1. The van der Waals surface area contributed by atoms with Gasteiger partial charge in [-0.1, -0.05) is 0 Å². The minimum atomic E-state index is -4.60. The molecule has 2 aromatic heterocycles. The Kier molecular flexibility index (Phi) is 4.55. The van der Waals surface area contributed by atoms with Crippen LogP contribution in [-0.2, 0) is 6.18 Å². The Balaban J connectivity index is 2.08. The van der Waals surface area contributed by atoms with Crippen molar-refractivity contribution in [3.8, 4) is 34.3 Å². The quantitative estimate of drug-likeness (QED) is 0.393. The Bertz CT molecular complexity index is 1090. The maximum absolute atomic E-state index is 12.8. The molecule has 9 nitrogen and oxygen atoms in total. The summed E-state index contributed by atoms with van der Waals surface area (Å²) < 4.78 is 38.3. The van der Waals surface area contributed by atoms with Crippen molar-refractivity contribution < 1.29 is 28.3 Å². The van der Waals surface area contributed by atoms with Crippen LogP contribution in [0.4, 0.5) is 18.9 Å².